The van der Waals surface area contributed by atoms with Crippen molar-refractivity contribution in [2.75, 3.05) is 6.61 Å². The fourth-order valence-electron chi connectivity index (χ4n) is 4.01. The van der Waals surface area contributed by atoms with Gasteiger partial charge in [-0.1, -0.05) is 35.8 Å². The van der Waals surface area contributed by atoms with Gasteiger partial charge < -0.3 is 29.9 Å². The molecule has 0 saturated carbocycles. The topological polar surface area (TPSA) is 99.4 Å². The van der Waals surface area contributed by atoms with Gasteiger partial charge in [0.2, 0.25) is 0 Å². The van der Waals surface area contributed by atoms with Crippen molar-refractivity contribution in [1.29, 1.82) is 0 Å². The SMILES string of the molecule is CC1CCC(O)C(C#Cc2ccc3ccc(C#CC4CC(O)[C@H](O)C(CO)O4)cc3c2)O1. The second-order valence-corrected chi connectivity index (χ2v) is 8.47. The van der Waals surface area contributed by atoms with Gasteiger partial charge in [-0.25, -0.2) is 0 Å². The molecule has 2 aliphatic rings. The molecule has 2 fully saturated rings. The van der Waals surface area contributed by atoms with Crippen LogP contribution in [0.25, 0.3) is 10.8 Å². The Morgan fingerprint density at radius 1 is 0.875 bits per heavy atom. The lowest BCUT2D eigenvalue weighted by atomic mass is 9.98. The monoisotopic (exact) mass is 436 g/mol. The lowest BCUT2D eigenvalue weighted by Crippen LogP contribution is -2.49. The molecule has 0 spiro atoms. The molecule has 6 heteroatoms. The zero-order valence-electron chi connectivity index (χ0n) is 17.9. The number of rotatable bonds is 1. The van der Waals surface area contributed by atoms with Crippen LogP contribution in [0, 0.1) is 23.7 Å². The Morgan fingerprint density at radius 2 is 1.56 bits per heavy atom. The molecule has 0 amide bonds. The summed E-state index contributed by atoms with van der Waals surface area (Å²) >= 11 is 0. The molecule has 4 rings (SSSR count). The summed E-state index contributed by atoms with van der Waals surface area (Å²) in [5.41, 5.74) is 1.61. The summed E-state index contributed by atoms with van der Waals surface area (Å²) in [7, 11) is 0. The van der Waals surface area contributed by atoms with Crippen LogP contribution in [0.3, 0.4) is 0 Å². The first-order chi connectivity index (χ1) is 15.4. The predicted octanol–water partition coefficient (Wildman–Crippen LogP) is 1.34. The molecule has 0 radical (unpaired) electrons. The van der Waals surface area contributed by atoms with Gasteiger partial charge in [-0.15, -0.1) is 0 Å². The van der Waals surface area contributed by atoms with E-state index in [4.69, 9.17) is 9.47 Å². The van der Waals surface area contributed by atoms with Crippen molar-refractivity contribution in [3.05, 3.63) is 47.5 Å². The average molecular weight is 437 g/mol. The Morgan fingerprint density at radius 3 is 2.25 bits per heavy atom. The highest BCUT2D eigenvalue weighted by atomic mass is 16.5. The summed E-state index contributed by atoms with van der Waals surface area (Å²) in [6.45, 7) is 1.61. The molecule has 0 aliphatic carbocycles. The Balaban J connectivity index is 1.51. The molecule has 2 aliphatic heterocycles. The van der Waals surface area contributed by atoms with Crippen molar-refractivity contribution in [2.45, 2.75) is 68.9 Å². The average Bonchev–Trinajstić information content (AvgIpc) is 2.80. The van der Waals surface area contributed by atoms with Crippen molar-refractivity contribution < 1.29 is 29.9 Å². The Kier molecular flexibility index (Phi) is 7.13. The molecule has 4 N–H and O–H groups in total. The van der Waals surface area contributed by atoms with E-state index in [0.717, 1.165) is 28.3 Å². The van der Waals surface area contributed by atoms with Gasteiger partial charge in [-0.05, 0) is 54.8 Å². The normalized spacial score (nSPS) is 32.5. The van der Waals surface area contributed by atoms with Crippen molar-refractivity contribution in [2.24, 2.45) is 0 Å². The Labute approximate surface area is 187 Å². The van der Waals surface area contributed by atoms with Crippen LogP contribution in [0.15, 0.2) is 36.4 Å². The number of aliphatic hydroxyl groups is 4. The van der Waals surface area contributed by atoms with E-state index in [0.29, 0.717) is 6.42 Å². The maximum Gasteiger partial charge on any atom is 0.144 e. The van der Waals surface area contributed by atoms with Crippen molar-refractivity contribution in [1.82, 2.24) is 0 Å². The minimum atomic E-state index is -1.11. The number of fused-ring (bicyclic) bond motifs is 1. The molecule has 168 valence electrons. The van der Waals surface area contributed by atoms with Crippen molar-refractivity contribution in [3.8, 4) is 23.7 Å². The van der Waals surface area contributed by atoms with E-state index in [1.165, 1.54) is 0 Å². The first-order valence-electron chi connectivity index (χ1n) is 11.0. The van der Waals surface area contributed by atoms with E-state index < -0.39 is 36.6 Å². The fourth-order valence-corrected chi connectivity index (χ4v) is 4.01. The molecule has 0 bridgehead atoms. The summed E-state index contributed by atoms with van der Waals surface area (Å²) in [6, 6.07) is 11.8. The van der Waals surface area contributed by atoms with Gasteiger partial charge in [0.05, 0.1) is 24.9 Å². The van der Waals surface area contributed by atoms with Crippen LogP contribution in [-0.2, 0) is 9.47 Å². The number of ether oxygens (including phenoxy) is 2. The van der Waals surface area contributed by atoms with Crippen LogP contribution in [0.1, 0.15) is 37.3 Å². The molecule has 2 saturated heterocycles. The molecule has 7 atom stereocenters. The summed E-state index contributed by atoms with van der Waals surface area (Å²) < 4.78 is 11.3. The van der Waals surface area contributed by atoms with Gasteiger partial charge in [0.1, 0.15) is 24.4 Å². The quantitative estimate of drug-likeness (QED) is 0.504. The second kappa shape index (κ2) is 10.0. The predicted molar refractivity (Wildman–Crippen MR) is 120 cm³/mol. The molecule has 32 heavy (non-hydrogen) atoms. The first kappa shape index (κ1) is 22.8. The maximum atomic E-state index is 10.1. The van der Waals surface area contributed by atoms with E-state index in [2.05, 4.69) is 23.7 Å². The minimum Gasteiger partial charge on any atom is -0.394 e. The van der Waals surface area contributed by atoms with E-state index in [1.807, 2.05) is 43.3 Å². The fraction of sp³-hybridized carbons (Fsp3) is 0.462. The van der Waals surface area contributed by atoms with Crippen LogP contribution >= 0.6 is 0 Å². The van der Waals surface area contributed by atoms with Gasteiger partial charge in [0.15, 0.2) is 0 Å². The first-order valence-corrected chi connectivity index (χ1v) is 11.0. The van der Waals surface area contributed by atoms with Crippen molar-refractivity contribution in [3.63, 3.8) is 0 Å². The molecule has 0 aromatic heterocycles. The lowest BCUT2D eigenvalue weighted by molar-refractivity contribution is -0.165. The number of hydrogen-bond acceptors (Lipinski definition) is 6. The lowest BCUT2D eigenvalue weighted by Gasteiger charge is -2.34. The second-order valence-electron chi connectivity index (χ2n) is 8.47. The molecule has 2 heterocycles. The zero-order chi connectivity index (χ0) is 22.7. The smallest absolute Gasteiger partial charge is 0.144 e. The summed E-state index contributed by atoms with van der Waals surface area (Å²) in [4.78, 5) is 0. The molecule has 2 aromatic rings. The minimum absolute atomic E-state index is 0.0978. The molecule has 6 nitrogen and oxygen atoms in total. The third kappa shape index (κ3) is 5.31. The Bertz CT molecular complexity index is 1070. The van der Waals surface area contributed by atoms with Crippen LogP contribution in [0.4, 0.5) is 0 Å². The third-order valence-corrected chi connectivity index (χ3v) is 5.92. The maximum absolute atomic E-state index is 10.1. The molecule has 6 unspecified atom stereocenters. The largest absolute Gasteiger partial charge is 0.394 e. The van der Waals surface area contributed by atoms with Crippen LogP contribution in [0.5, 0.6) is 0 Å². The highest BCUT2D eigenvalue weighted by Crippen LogP contribution is 2.22. The van der Waals surface area contributed by atoms with Crippen LogP contribution in [0.2, 0.25) is 0 Å². The van der Waals surface area contributed by atoms with Gasteiger partial charge in [-0.3, -0.25) is 0 Å². The van der Waals surface area contributed by atoms with E-state index in [9.17, 15) is 20.4 Å². The van der Waals surface area contributed by atoms with E-state index >= 15 is 0 Å². The summed E-state index contributed by atoms with van der Waals surface area (Å²) in [5.74, 6) is 12.2. The van der Waals surface area contributed by atoms with E-state index in [-0.39, 0.29) is 19.1 Å². The molecular formula is C26H28O6. The van der Waals surface area contributed by atoms with Gasteiger partial charge in [0, 0.05) is 17.5 Å². The number of aliphatic hydroxyl groups excluding tert-OH is 4. The number of benzene rings is 2. The Hall–Kier alpha value is -2.42. The zero-order valence-corrected chi connectivity index (χ0v) is 17.9. The standard InChI is InChI=1S/C26H28O6/c1-16-2-10-22(28)24(31-16)11-6-18-4-8-19-7-3-17(12-20(19)13-18)5-9-21-14-23(29)26(30)25(15-27)32-21/h3-4,7-8,12-13,16,21-30H,2,10,14-15H2,1H3/t16?,21?,22?,23?,24?,25?,26-/m0/s1. The van der Waals surface area contributed by atoms with E-state index in [1.54, 1.807) is 0 Å². The summed E-state index contributed by atoms with van der Waals surface area (Å²) in [5, 5.41) is 41.2. The highest BCUT2D eigenvalue weighted by molar-refractivity contribution is 5.85. The molecular weight excluding hydrogens is 408 g/mol. The van der Waals surface area contributed by atoms with Gasteiger partial charge >= 0.3 is 0 Å². The van der Waals surface area contributed by atoms with Gasteiger partial charge in [0.25, 0.3) is 0 Å². The summed E-state index contributed by atoms with van der Waals surface area (Å²) in [6.07, 6.45) is -2.72. The van der Waals surface area contributed by atoms with Crippen LogP contribution in [-0.4, -0.2) is 69.8 Å². The number of hydrogen-bond donors (Lipinski definition) is 4. The third-order valence-electron chi connectivity index (χ3n) is 5.92. The van der Waals surface area contributed by atoms with Crippen LogP contribution < -0.4 is 0 Å². The van der Waals surface area contributed by atoms with Crippen molar-refractivity contribution >= 4 is 10.8 Å². The van der Waals surface area contributed by atoms with Gasteiger partial charge in [-0.2, -0.15) is 0 Å². The molecule has 2 aromatic carbocycles. The highest BCUT2D eigenvalue weighted by Gasteiger charge is 2.35.